The lowest BCUT2D eigenvalue weighted by Gasteiger charge is -2.08. The zero-order valence-corrected chi connectivity index (χ0v) is 8.23. The first-order valence-electron chi connectivity index (χ1n) is 4.70. The first-order valence-corrected chi connectivity index (χ1v) is 4.70. The molecule has 0 amide bonds. The zero-order valence-electron chi connectivity index (χ0n) is 8.23. The Bertz CT molecular complexity index is 337. The van der Waals surface area contributed by atoms with Gasteiger partial charge in [-0.3, -0.25) is 4.79 Å². The van der Waals surface area contributed by atoms with Crippen LogP contribution in [0.4, 0.5) is 0 Å². The van der Waals surface area contributed by atoms with Crippen molar-refractivity contribution in [2.75, 3.05) is 0 Å². The van der Waals surface area contributed by atoms with Gasteiger partial charge in [-0.15, -0.1) is 0 Å². The van der Waals surface area contributed by atoms with Crippen molar-refractivity contribution in [2.45, 2.75) is 25.7 Å². The van der Waals surface area contributed by atoms with Crippen LogP contribution in [-0.2, 0) is 4.79 Å². The largest absolute Gasteiger partial charge is 0.299 e. The highest BCUT2D eigenvalue weighted by atomic mass is 16.1. The van der Waals surface area contributed by atoms with Gasteiger partial charge in [0.25, 0.3) is 0 Å². The number of hydrogen-bond donors (Lipinski definition) is 0. The quantitative estimate of drug-likeness (QED) is 0.727. The molecule has 1 rings (SSSR count). The minimum atomic E-state index is -0.0930. The first-order chi connectivity index (χ1) is 6.75. The van der Waals surface area contributed by atoms with Gasteiger partial charge < -0.3 is 0 Å². The van der Waals surface area contributed by atoms with Crippen molar-refractivity contribution in [1.29, 1.82) is 5.26 Å². The summed E-state index contributed by atoms with van der Waals surface area (Å²) >= 11 is 0. The maximum absolute atomic E-state index is 11.6. The monoisotopic (exact) mass is 187 g/mol. The molecule has 0 radical (unpaired) electrons. The highest BCUT2D eigenvalue weighted by Gasteiger charge is 2.13. The van der Waals surface area contributed by atoms with Crippen molar-refractivity contribution in [3.63, 3.8) is 0 Å². The Hall–Kier alpha value is -1.62. The van der Waals surface area contributed by atoms with Gasteiger partial charge in [0.2, 0.25) is 0 Å². The average molecular weight is 187 g/mol. The van der Waals surface area contributed by atoms with E-state index in [1.807, 2.05) is 43.3 Å². The van der Waals surface area contributed by atoms with E-state index in [1.54, 1.807) is 0 Å². The molecular weight excluding hydrogens is 174 g/mol. The molecule has 2 nitrogen and oxygen atoms in total. The van der Waals surface area contributed by atoms with Crippen molar-refractivity contribution in [1.82, 2.24) is 0 Å². The van der Waals surface area contributed by atoms with Gasteiger partial charge >= 0.3 is 0 Å². The van der Waals surface area contributed by atoms with E-state index < -0.39 is 0 Å². The van der Waals surface area contributed by atoms with E-state index in [0.717, 1.165) is 5.56 Å². The Kier molecular flexibility index (Phi) is 3.87. The van der Waals surface area contributed by atoms with Crippen LogP contribution in [0.15, 0.2) is 30.3 Å². The van der Waals surface area contributed by atoms with Crippen LogP contribution in [0.2, 0.25) is 0 Å². The third-order valence-corrected chi connectivity index (χ3v) is 2.27. The Morgan fingerprint density at radius 3 is 2.64 bits per heavy atom. The minimum Gasteiger partial charge on any atom is -0.299 e. The van der Waals surface area contributed by atoms with Gasteiger partial charge in [-0.05, 0) is 5.56 Å². The van der Waals surface area contributed by atoms with E-state index in [0.29, 0.717) is 12.8 Å². The molecule has 2 heteroatoms. The number of ketones is 1. The molecule has 0 aliphatic heterocycles. The standard InChI is InChI=1S/C12H13NO/c1-10(12(14)8-5-9-13)11-6-3-2-4-7-11/h2-4,6-7,10H,5,8H2,1H3. The second kappa shape index (κ2) is 5.18. The molecule has 0 aromatic heterocycles. The van der Waals surface area contributed by atoms with E-state index in [9.17, 15) is 4.79 Å². The average Bonchev–Trinajstić information content (AvgIpc) is 2.26. The highest BCUT2D eigenvalue weighted by Crippen LogP contribution is 2.17. The number of nitriles is 1. The summed E-state index contributed by atoms with van der Waals surface area (Å²) in [6, 6.07) is 11.6. The van der Waals surface area contributed by atoms with Gasteiger partial charge in [0.15, 0.2) is 0 Å². The van der Waals surface area contributed by atoms with Crippen molar-refractivity contribution in [3.05, 3.63) is 35.9 Å². The molecule has 0 heterocycles. The summed E-state index contributed by atoms with van der Waals surface area (Å²) in [5.74, 6) is 0.0438. The molecule has 1 atom stereocenters. The van der Waals surface area contributed by atoms with Gasteiger partial charge in [0, 0.05) is 18.8 Å². The van der Waals surface area contributed by atoms with Crippen molar-refractivity contribution < 1.29 is 4.79 Å². The Morgan fingerprint density at radius 2 is 2.07 bits per heavy atom. The fraction of sp³-hybridized carbons (Fsp3) is 0.333. The third-order valence-electron chi connectivity index (χ3n) is 2.27. The van der Waals surface area contributed by atoms with Crippen LogP contribution in [0.1, 0.15) is 31.2 Å². The van der Waals surface area contributed by atoms with Crippen LogP contribution < -0.4 is 0 Å². The SMILES string of the molecule is CC(C(=O)CCC#N)c1ccccc1. The number of benzene rings is 1. The van der Waals surface area contributed by atoms with Crippen LogP contribution in [0.5, 0.6) is 0 Å². The summed E-state index contributed by atoms with van der Waals surface area (Å²) in [4.78, 5) is 11.6. The lowest BCUT2D eigenvalue weighted by Crippen LogP contribution is -2.08. The molecular formula is C12H13NO. The molecule has 0 aliphatic carbocycles. The third kappa shape index (κ3) is 2.70. The molecule has 1 aromatic carbocycles. The van der Waals surface area contributed by atoms with Crippen LogP contribution in [0.3, 0.4) is 0 Å². The second-order valence-electron chi connectivity index (χ2n) is 3.26. The lowest BCUT2D eigenvalue weighted by atomic mass is 9.94. The van der Waals surface area contributed by atoms with Crippen molar-refractivity contribution in [2.24, 2.45) is 0 Å². The van der Waals surface area contributed by atoms with Gasteiger partial charge in [0.1, 0.15) is 5.78 Å². The molecule has 0 bridgehead atoms. The molecule has 0 N–H and O–H groups in total. The van der Waals surface area contributed by atoms with Gasteiger partial charge in [-0.1, -0.05) is 37.3 Å². The van der Waals surface area contributed by atoms with E-state index in [-0.39, 0.29) is 11.7 Å². The summed E-state index contributed by atoms with van der Waals surface area (Å²) in [5.41, 5.74) is 1.02. The van der Waals surface area contributed by atoms with Crippen LogP contribution in [-0.4, -0.2) is 5.78 Å². The van der Waals surface area contributed by atoms with Crippen molar-refractivity contribution >= 4 is 5.78 Å². The molecule has 1 unspecified atom stereocenters. The maximum Gasteiger partial charge on any atom is 0.141 e. The van der Waals surface area contributed by atoms with Gasteiger partial charge in [0.05, 0.1) is 6.07 Å². The first kappa shape index (κ1) is 10.5. The molecule has 0 fully saturated rings. The van der Waals surface area contributed by atoms with Crippen LogP contribution in [0, 0.1) is 11.3 Å². The van der Waals surface area contributed by atoms with E-state index >= 15 is 0 Å². The number of carbonyl (C=O) groups excluding carboxylic acids is 1. The van der Waals surface area contributed by atoms with Crippen LogP contribution in [0.25, 0.3) is 0 Å². The summed E-state index contributed by atoms with van der Waals surface area (Å²) in [6.45, 7) is 1.88. The van der Waals surface area contributed by atoms with E-state index in [2.05, 4.69) is 0 Å². The number of rotatable bonds is 4. The summed E-state index contributed by atoms with van der Waals surface area (Å²) in [5, 5.41) is 8.37. The summed E-state index contributed by atoms with van der Waals surface area (Å²) in [7, 11) is 0. The molecule has 0 aliphatic rings. The fourth-order valence-electron chi connectivity index (χ4n) is 1.32. The summed E-state index contributed by atoms with van der Waals surface area (Å²) < 4.78 is 0. The second-order valence-corrected chi connectivity index (χ2v) is 3.26. The lowest BCUT2D eigenvalue weighted by molar-refractivity contribution is -0.120. The number of nitrogens with zero attached hydrogens (tertiary/aromatic N) is 1. The molecule has 0 saturated heterocycles. The van der Waals surface area contributed by atoms with Gasteiger partial charge in [-0.2, -0.15) is 5.26 Å². The smallest absolute Gasteiger partial charge is 0.141 e. The Morgan fingerprint density at radius 1 is 1.43 bits per heavy atom. The number of Topliss-reactive ketones (excluding diaryl/α,β-unsaturated/α-hetero) is 1. The molecule has 0 saturated carbocycles. The topological polar surface area (TPSA) is 40.9 Å². The fourth-order valence-corrected chi connectivity index (χ4v) is 1.32. The molecule has 0 spiro atoms. The number of carbonyl (C=O) groups is 1. The van der Waals surface area contributed by atoms with Gasteiger partial charge in [-0.25, -0.2) is 0 Å². The van der Waals surface area contributed by atoms with Crippen molar-refractivity contribution in [3.8, 4) is 6.07 Å². The Labute approximate surface area is 84.2 Å². The maximum atomic E-state index is 11.6. The van der Waals surface area contributed by atoms with Crippen LogP contribution >= 0.6 is 0 Å². The summed E-state index contributed by atoms with van der Waals surface area (Å²) in [6.07, 6.45) is 0.669. The molecule has 1 aromatic rings. The minimum absolute atomic E-state index is 0.0930. The molecule has 14 heavy (non-hydrogen) atoms. The predicted octanol–water partition coefficient (Wildman–Crippen LogP) is 2.66. The molecule has 72 valence electrons. The predicted molar refractivity (Wildman–Crippen MR) is 54.7 cm³/mol. The van der Waals surface area contributed by atoms with E-state index in [4.69, 9.17) is 5.26 Å². The number of hydrogen-bond acceptors (Lipinski definition) is 2. The normalized spacial score (nSPS) is 11.7. The zero-order chi connectivity index (χ0) is 10.4. The van der Waals surface area contributed by atoms with E-state index in [1.165, 1.54) is 0 Å². The Balaban J connectivity index is 2.62. The highest BCUT2D eigenvalue weighted by molar-refractivity contribution is 5.85.